The highest BCUT2D eigenvalue weighted by Gasteiger charge is 2.53. The molecule has 1 unspecified atom stereocenters. The summed E-state index contributed by atoms with van der Waals surface area (Å²) in [6.45, 7) is 0.432. The molecule has 1 aromatic carbocycles. The Hall–Kier alpha value is -1.87. The fraction of sp³-hybridized carbons (Fsp3) is 0.467. The van der Waals surface area contributed by atoms with Crippen LogP contribution in [0, 0.1) is 17.7 Å². The molecule has 2 N–H and O–H groups in total. The Morgan fingerprint density at radius 1 is 1.32 bits per heavy atom. The first-order valence-corrected chi connectivity index (χ1v) is 7.19. The number of amides is 1. The van der Waals surface area contributed by atoms with Gasteiger partial charge >= 0.3 is 12.1 Å². The van der Waals surface area contributed by atoms with Crippen molar-refractivity contribution in [2.75, 3.05) is 18.4 Å². The van der Waals surface area contributed by atoms with E-state index in [4.69, 9.17) is 5.11 Å². The van der Waals surface area contributed by atoms with Gasteiger partial charge in [0, 0.05) is 18.8 Å². The fourth-order valence-corrected chi connectivity index (χ4v) is 2.71. The Morgan fingerprint density at radius 2 is 1.96 bits per heavy atom. The van der Waals surface area contributed by atoms with Crippen LogP contribution in [0.1, 0.15) is 6.92 Å². The zero-order valence-corrected chi connectivity index (χ0v) is 13.9. The Morgan fingerprint density at radius 3 is 2.44 bits per heavy atom. The van der Waals surface area contributed by atoms with Crippen molar-refractivity contribution in [3.8, 4) is 0 Å². The minimum absolute atomic E-state index is 0. The van der Waals surface area contributed by atoms with Crippen LogP contribution < -0.4 is 5.32 Å². The van der Waals surface area contributed by atoms with E-state index in [1.54, 1.807) is 0 Å². The summed E-state index contributed by atoms with van der Waals surface area (Å²) in [4.78, 5) is 24.4. The first-order chi connectivity index (χ1) is 11.1. The molecule has 1 heterocycles. The molecule has 1 aliphatic rings. The van der Waals surface area contributed by atoms with E-state index in [1.165, 1.54) is 30.0 Å². The molecule has 0 radical (unpaired) electrons. The minimum Gasteiger partial charge on any atom is -0.481 e. The van der Waals surface area contributed by atoms with E-state index in [-0.39, 0.29) is 24.6 Å². The summed E-state index contributed by atoms with van der Waals surface area (Å²) in [7, 11) is 0. The molecule has 5 nitrogen and oxygen atoms in total. The number of carbonyl (C=O) groups is 2. The molecule has 0 spiro atoms. The predicted molar refractivity (Wildman–Crippen MR) is 84.0 cm³/mol. The summed E-state index contributed by atoms with van der Waals surface area (Å²) in [6.07, 6.45) is -4.66. The van der Waals surface area contributed by atoms with Crippen LogP contribution >= 0.6 is 12.4 Å². The van der Waals surface area contributed by atoms with Gasteiger partial charge in [-0.1, -0.05) is 6.07 Å². The lowest BCUT2D eigenvalue weighted by molar-refractivity contribution is -0.188. The maximum atomic E-state index is 13.1. The fourth-order valence-electron chi connectivity index (χ4n) is 2.71. The highest BCUT2D eigenvalue weighted by atomic mass is 35.5. The molecule has 0 saturated carbocycles. The normalized spacial score (nSPS) is 22.1. The van der Waals surface area contributed by atoms with Gasteiger partial charge in [-0.05, 0) is 25.1 Å². The molecule has 2 rings (SSSR count). The van der Waals surface area contributed by atoms with Gasteiger partial charge in [0.15, 0.2) is 0 Å². The summed E-state index contributed by atoms with van der Waals surface area (Å²) in [6, 6.07) is 4.10. The SMILES string of the molecule is CC(C(=O)Nc1cccc(F)c1)N1C[C@@H](C(F)(F)F)[C@H](C(=O)O)C1.Cl. The maximum Gasteiger partial charge on any atom is 0.393 e. The van der Waals surface area contributed by atoms with Crippen molar-refractivity contribution < 1.29 is 32.3 Å². The topological polar surface area (TPSA) is 69.6 Å². The second-order valence-corrected chi connectivity index (χ2v) is 5.72. The van der Waals surface area contributed by atoms with Gasteiger partial charge in [0.1, 0.15) is 5.82 Å². The number of carbonyl (C=O) groups excluding carboxylic acids is 1. The van der Waals surface area contributed by atoms with Gasteiger partial charge in [0.2, 0.25) is 5.91 Å². The molecule has 0 aromatic heterocycles. The molecule has 1 amide bonds. The highest BCUT2D eigenvalue weighted by molar-refractivity contribution is 5.94. The number of hydrogen-bond acceptors (Lipinski definition) is 3. The van der Waals surface area contributed by atoms with Gasteiger partial charge in [0.25, 0.3) is 0 Å². The van der Waals surface area contributed by atoms with Crippen LogP contribution in [0.25, 0.3) is 0 Å². The molecule has 1 fully saturated rings. The first-order valence-electron chi connectivity index (χ1n) is 7.19. The average molecular weight is 385 g/mol. The predicted octanol–water partition coefficient (Wildman–Crippen LogP) is 2.77. The van der Waals surface area contributed by atoms with Gasteiger partial charge in [-0.3, -0.25) is 14.5 Å². The molecule has 3 atom stereocenters. The highest BCUT2D eigenvalue weighted by Crippen LogP contribution is 2.38. The lowest BCUT2D eigenvalue weighted by Gasteiger charge is -2.23. The number of nitrogens with one attached hydrogen (secondary N) is 1. The van der Waals surface area contributed by atoms with E-state index < -0.39 is 48.3 Å². The summed E-state index contributed by atoms with van der Waals surface area (Å²) in [5, 5.41) is 11.4. The van der Waals surface area contributed by atoms with Crippen LogP contribution in [0.3, 0.4) is 0 Å². The van der Waals surface area contributed by atoms with Crippen molar-refractivity contribution in [2.45, 2.75) is 19.1 Å². The van der Waals surface area contributed by atoms with Crippen molar-refractivity contribution in [2.24, 2.45) is 11.8 Å². The number of carboxylic acids is 1. The largest absolute Gasteiger partial charge is 0.481 e. The molecule has 0 aliphatic carbocycles. The number of rotatable bonds is 4. The van der Waals surface area contributed by atoms with Crippen molar-refractivity contribution in [1.29, 1.82) is 0 Å². The zero-order valence-electron chi connectivity index (χ0n) is 13.1. The number of anilines is 1. The average Bonchev–Trinajstić information content (AvgIpc) is 2.91. The number of benzene rings is 1. The second kappa shape index (κ2) is 8.01. The lowest BCUT2D eigenvalue weighted by Crippen LogP contribution is -2.41. The molecular formula is C15H17ClF4N2O3. The van der Waals surface area contributed by atoms with Gasteiger partial charge in [0.05, 0.1) is 17.9 Å². The lowest BCUT2D eigenvalue weighted by atomic mass is 9.96. The van der Waals surface area contributed by atoms with Crippen LogP contribution in [-0.4, -0.2) is 47.2 Å². The van der Waals surface area contributed by atoms with Crippen molar-refractivity contribution >= 4 is 30.0 Å². The summed E-state index contributed by atoms with van der Waals surface area (Å²) >= 11 is 0. The van der Waals surface area contributed by atoms with Gasteiger partial charge in [-0.25, -0.2) is 4.39 Å². The Labute approximate surface area is 147 Å². The van der Waals surface area contributed by atoms with Crippen molar-refractivity contribution in [3.05, 3.63) is 30.1 Å². The van der Waals surface area contributed by atoms with E-state index in [0.29, 0.717) is 0 Å². The minimum atomic E-state index is -4.66. The van der Waals surface area contributed by atoms with Crippen LogP contribution in [0.15, 0.2) is 24.3 Å². The van der Waals surface area contributed by atoms with E-state index in [0.717, 1.165) is 6.07 Å². The Bertz CT molecular complexity index is 641. The third-order valence-electron chi connectivity index (χ3n) is 4.11. The summed E-state index contributed by atoms with van der Waals surface area (Å²) in [5.74, 6) is -6.39. The number of nitrogens with zero attached hydrogens (tertiary/aromatic N) is 1. The monoisotopic (exact) mass is 384 g/mol. The molecule has 140 valence electrons. The summed E-state index contributed by atoms with van der Waals surface area (Å²) < 4.78 is 52.0. The van der Waals surface area contributed by atoms with Crippen molar-refractivity contribution in [1.82, 2.24) is 4.90 Å². The number of halogens is 5. The van der Waals surface area contributed by atoms with E-state index >= 15 is 0 Å². The van der Waals surface area contributed by atoms with Crippen LogP contribution in [-0.2, 0) is 9.59 Å². The molecule has 25 heavy (non-hydrogen) atoms. The van der Waals surface area contributed by atoms with E-state index in [1.807, 2.05) is 0 Å². The molecule has 1 aliphatic heterocycles. The Kier molecular flexibility index (Phi) is 6.78. The standard InChI is InChI=1S/C15H16F4N2O3.ClH/c1-8(13(22)20-10-4-2-3-9(16)5-10)21-6-11(14(23)24)12(7-21)15(17,18)19;/h2-5,8,11-12H,6-7H2,1H3,(H,20,22)(H,23,24);1H/t8?,11-,12-;/m1./s1. The second-order valence-electron chi connectivity index (χ2n) is 5.72. The first kappa shape index (κ1) is 21.2. The van der Waals surface area contributed by atoms with Crippen molar-refractivity contribution in [3.63, 3.8) is 0 Å². The van der Waals surface area contributed by atoms with Gasteiger partial charge < -0.3 is 10.4 Å². The summed E-state index contributed by atoms with van der Waals surface area (Å²) in [5.41, 5.74) is 0.174. The third kappa shape index (κ3) is 5.05. The number of carboxylic acid groups (broad SMARTS) is 1. The number of likely N-dealkylation sites (tertiary alicyclic amines) is 1. The maximum absolute atomic E-state index is 13.1. The van der Waals surface area contributed by atoms with Crippen LogP contribution in [0.4, 0.5) is 23.2 Å². The van der Waals surface area contributed by atoms with E-state index in [2.05, 4.69) is 5.32 Å². The van der Waals surface area contributed by atoms with Crippen LogP contribution in [0.2, 0.25) is 0 Å². The van der Waals surface area contributed by atoms with Gasteiger partial charge in [-0.2, -0.15) is 13.2 Å². The Balaban J connectivity index is 0.00000312. The molecular weight excluding hydrogens is 368 g/mol. The van der Waals surface area contributed by atoms with Gasteiger partial charge in [-0.15, -0.1) is 12.4 Å². The number of aliphatic carboxylic acids is 1. The molecule has 1 aromatic rings. The van der Waals surface area contributed by atoms with Crippen LogP contribution in [0.5, 0.6) is 0 Å². The molecule has 10 heteroatoms. The van der Waals surface area contributed by atoms with E-state index in [9.17, 15) is 27.2 Å². The quantitative estimate of drug-likeness (QED) is 0.783. The zero-order chi connectivity index (χ0) is 18.1. The molecule has 0 bridgehead atoms. The number of alkyl halides is 3. The smallest absolute Gasteiger partial charge is 0.393 e. The third-order valence-corrected chi connectivity index (χ3v) is 4.11. The molecule has 1 saturated heterocycles. The number of hydrogen-bond donors (Lipinski definition) is 2.